The number of rotatable bonds is 4. The molecular weight excluding hydrogens is 204 g/mol. The monoisotopic (exact) mass is 222 g/mol. The van der Waals surface area contributed by atoms with E-state index in [0.29, 0.717) is 12.2 Å². The second-order valence-electron chi connectivity index (χ2n) is 4.16. The molecule has 0 radical (unpaired) electrons. The Hall–Kier alpha value is -1.16. The average molecular weight is 222 g/mol. The summed E-state index contributed by atoms with van der Waals surface area (Å²) >= 11 is 0. The molecule has 0 saturated carbocycles. The van der Waals surface area contributed by atoms with Crippen molar-refractivity contribution in [3.8, 4) is 0 Å². The van der Waals surface area contributed by atoms with Gasteiger partial charge in [0.25, 0.3) is 0 Å². The number of nitrogens with zero attached hydrogens (tertiary/aromatic N) is 2. The summed E-state index contributed by atoms with van der Waals surface area (Å²) < 4.78 is 7.28. The summed E-state index contributed by atoms with van der Waals surface area (Å²) in [6.45, 7) is 4.37. The molecule has 16 heavy (non-hydrogen) atoms. The van der Waals surface area contributed by atoms with Gasteiger partial charge in [-0.1, -0.05) is 0 Å². The van der Waals surface area contributed by atoms with Crippen LogP contribution in [0.25, 0.3) is 0 Å². The van der Waals surface area contributed by atoms with E-state index in [9.17, 15) is 4.79 Å². The maximum absolute atomic E-state index is 12.0. The minimum Gasteiger partial charge on any atom is -0.381 e. The Kier molecular flexibility index (Phi) is 3.72. The molecular formula is C12H18N2O2. The maximum Gasteiger partial charge on any atom is 0.143 e. The summed E-state index contributed by atoms with van der Waals surface area (Å²) in [6, 6.07) is 0. The number of imidazole rings is 1. The van der Waals surface area contributed by atoms with Crippen LogP contribution in [0.2, 0.25) is 0 Å². The van der Waals surface area contributed by atoms with Gasteiger partial charge in [-0.3, -0.25) is 4.79 Å². The van der Waals surface area contributed by atoms with Crippen LogP contribution in [0.1, 0.15) is 25.6 Å². The minimum absolute atomic E-state index is 0.177. The molecule has 1 aliphatic heterocycles. The van der Waals surface area contributed by atoms with Gasteiger partial charge in [-0.2, -0.15) is 0 Å². The van der Waals surface area contributed by atoms with Crippen molar-refractivity contribution in [1.29, 1.82) is 0 Å². The third-order valence-electron chi connectivity index (χ3n) is 3.15. The molecule has 0 bridgehead atoms. The molecule has 1 saturated heterocycles. The predicted octanol–water partition coefficient (Wildman–Crippen LogP) is 1.44. The highest BCUT2D eigenvalue weighted by Crippen LogP contribution is 2.17. The fraction of sp³-hybridized carbons (Fsp3) is 0.667. The molecule has 1 aromatic rings. The lowest BCUT2D eigenvalue weighted by Gasteiger charge is -2.20. The number of Topliss-reactive ketones (excluding diaryl/α,β-unsaturated/α-hetero) is 1. The molecule has 4 heteroatoms. The summed E-state index contributed by atoms with van der Waals surface area (Å²) in [7, 11) is 0. The zero-order valence-electron chi connectivity index (χ0n) is 9.69. The highest BCUT2D eigenvalue weighted by molar-refractivity contribution is 5.82. The molecule has 1 aliphatic rings. The van der Waals surface area contributed by atoms with Crippen molar-refractivity contribution in [2.75, 3.05) is 13.2 Å². The van der Waals surface area contributed by atoms with Gasteiger partial charge in [0.05, 0.1) is 6.42 Å². The molecule has 88 valence electrons. The average Bonchev–Trinajstić information content (AvgIpc) is 2.77. The second kappa shape index (κ2) is 5.25. The van der Waals surface area contributed by atoms with Crippen LogP contribution in [0.3, 0.4) is 0 Å². The number of ether oxygens (including phenoxy) is 1. The third-order valence-corrected chi connectivity index (χ3v) is 3.15. The Labute approximate surface area is 95.6 Å². The van der Waals surface area contributed by atoms with E-state index in [-0.39, 0.29) is 5.92 Å². The Bertz CT molecular complexity index is 354. The van der Waals surface area contributed by atoms with Crippen LogP contribution in [0, 0.1) is 5.92 Å². The van der Waals surface area contributed by atoms with Gasteiger partial charge in [-0.05, 0) is 19.8 Å². The Morgan fingerprint density at radius 2 is 2.31 bits per heavy atom. The van der Waals surface area contributed by atoms with Gasteiger partial charge < -0.3 is 9.30 Å². The first kappa shape index (κ1) is 11.3. The van der Waals surface area contributed by atoms with Crippen LogP contribution in [0.4, 0.5) is 0 Å². The first-order valence-electron chi connectivity index (χ1n) is 5.91. The maximum atomic E-state index is 12.0. The lowest BCUT2D eigenvalue weighted by Crippen LogP contribution is -2.25. The zero-order chi connectivity index (χ0) is 11.4. The quantitative estimate of drug-likeness (QED) is 0.774. The molecule has 0 atom stereocenters. The lowest BCUT2D eigenvalue weighted by atomic mass is 9.93. The van der Waals surface area contributed by atoms with Gasteiger partial charge in [0.15, 0.2) is 0 Å². The molecule has 0 aromatic carbocycles. The number of hydrogen-bond acceptors (Lipinski definition) is 3. The first-order chi connectivity index (χ1) is 7.81. The van der Waals surface area contributed by atoms with Crippen molar-refractivity contribution in [3.05, 3.63) is 18.2 Å². The molecule has 0 amide bonds. The first-order valence-corrected chi connectivity index (χ1v) is 5.91. The summed E-state index contributed by atoms with van der Waals surface area (Å²) in [5, 5.41) is 0. The van der Waals surface area contributed by atoms with Crippen molar-refractivity contribution in [3.63, 3.8) is 0 Å². The zero-order valence-corrected chi connectivity index (χ0v) is 9.69. The minimum atomic E-state index is 0.177. The number of carbonyl (C=O) groups is 1. The van der Waals surface area contributed by atoms with E-state index in [0.717, 1.165) is 38.4 Å². The molecule has 0 unspecified atom stereocenters. The molecule has 0 N–H and O–H groups in total. The van der Waals surface area contributed by atoms with Gasteiger partial charge >= 0.3 is 0 Å². The lowest BCUT2D eigenvalue weighted by molar-refractivity contribution is -0.125. The highest BCUT2D eigenvalue weighted by Gasteiger charge is 2.22. The van der Waals surface area contributed by atoms with Crippen LogP contribution in [-0.4, -0.2) is 28.5 Å². The number of carbonyl (C=O) groups excluding carboxylic acids is 1. The molecule has 2 rings (SSSR count). The molecule has 1 aromatic heterocycles. The van der Waals surface area contributed by atoms with Gasteiger partial charge in [0.1, 0.15) is 11.6 Å². The fourth-order valence-corrected chi connectivity index (χ4v) is 2.11. The van der Waals surface area contributed by atoms with Crippen LogP contribution in [-0.2, 0) is 22.5 Å². The van der Waals surface area contributed by atoms with E-state index in [1.807, 2.05) is 10.8 Å². The Morgan fingerprint density at radius 3 is 3.00 bits per heavy atom. The van der Waals surface area contributed by atoms with E-state index in [4.69, 9.17) is 4.74 Å². The van der Waals surface area contributed by atoms with Gasteiger partial charge in [-0.15, -0.1) is 0 Å². The van der Waals surface area contributed by atoms with Crippen molar-refractivity contribution < 1.29 is 9.53 Å². The highest BCUT2D eigenvalue weighted by atomic mass is 16.5. The number of ketones is 1. The van der Waals surface area contributed by atoms with Crippen molar-refractivity contribution in [2.45, 2.75) is 32.7 Å². The van der Waals surface area contributed by atoms with E-state index < -0.39 is 0 Å². The SMILES string of the molecule is CCn1ccnc1CC(=O)C1CCOCC1. The van der Waals surface area contributed by atoms with Crippen LogP contribution in [0.15, 0.2) is 12.4 Å². The van der Waals surface area contributed by atoms with E-state index in [1.165, 1.54) is 0 Å². The van der Waals surface area contributed by atoms with Crippen LogP contribution in [0.5, 0.6) is 0 Å². The topological polar surface area (TPSA) is 44.1 Å². The Morgan fingerprint density at radius 1 is 1.56 bits per heavy atom. The molecule has 2 heterocycles. The van der Waals surface area contributed by atoms with E-state index in [2.05, 4.69) is 11.9 Å². The molecule has 0 spiro atoms. The van der Waals surface area contributed by atoms with Crippen LogP contribution >= 0.6 is 0 Å². The molecule has 4 nitrogen and oxygen atoms in total. The summed E-state index contributed by atoms with van der Waals surface area (Å²) in [5.41, 5.74) is 0. The van der Waals surface area contributed by atoms with Crippen molar-refractivity contribution >= 4 is 5.78 Å². The second-order valence-corrected chi connectivity index (χ2v) is 4.16. The number of hydrogen-bond donors (Lipinski definition) is 0. The van der Waals surface area contributed by atoms with Crippen LogP contribution < -0.4 is 0 Å². The number of aryl methyl sites for hydroxylation is 1. The van der Waals surface area contributed by atoms with Gasteiger partial charge in [0.2, 0.25) is 0 Å². The number of aromatic nitrogens is 2. The summed E-state index contributed by atoms with van der Waals surface area (Å²) in [6.07, 6.45) is 5.88. The molecule has 0 aliphatic carbocycles. The normalized spacial score (nSPS) is 17.6. The molecule has 1 fully saturated rings. The van der Waals surface area contributed by atoms with Gasteiger partial charge in [0, 0.05) is 38.1 Å². The van der Waals surface area contributed by atoms with E-state index >= 15 is 0 Å². The summed E-state index contributed by atoms with van der Waals surface area (Å²) in [5.74, 6) is 1.37. The predicted molar refractivity (Wildman–Crippen MR) is 60.2 cm³/mol. The van der Waals surface area contributed by atoms with Gasteiger partial charge in [-0.25, -0.2) is 4.98 Å². The standard InChI is InChI=1S/C12H18N2O2/c1-2-14-6-5-13-12(14)9-11(15)10-3-7-16-8-4-10/h5-6,10H,2-4,7-9H2,1H3. The van der Waals surface area contributed by atoms with E-state index in [1.54, 1.807) is 6.20 Å². The fourth-order valence-electron chi connectivity index (χ4n) is 2.11. The van der Waals surface area contributed by atoms with Crippen molar-refractivity contribution in [2.24, 2.45) is 5.92 Å². The summed E-state index contributed by atoms with van der Waals surface area (Å²) in [4.78, 5) is 16.3. The smallest absolute Gasteiger partial charge is 0.143 e. The largest absolute Gasteiger partial charge is 0.381 e. The van der Waals surface area contributed by atoms with Crippen molar-refractivity contribution in [1.82, 2.24) is 9.55 Å². The Balaban J connectivity index is 1.95. The third kappa shape index (κ3) is 2.50.